The van der Waals surface area contributed by atoms with E-state index >= 15 is 0 Å². The third-order valence-electron chi connectivity index (χ3n) is 1.91. The summed E-state index contributed by atoms with van der Waals surface area (Å²) in [5.74, 6) is 0.956. The molecule has 2 atom stereocenters. The van der Waals surface area contributed by atoms with E-state index in [-0.39, 0.29) is 6.61 Å². The molecule has 0 fully saturated rings. The monoisotopic (exact) mass is 154 g/mol. The van der Waals surface area contributed by atoms with E-state index in [4.69, 9.17) is 5.11 Å². The number of hydrogen-bond acceptors (Lipinski definition) is 1. The van der Waals surface area contributed by atoms with Gasteiger partial charge < -0.3 is 5.11 Å². The summed E-state index contributed by atoms with van der Waals surface area (Å²) in [4.78, 5) is 0. The number of allylic oxidation sites excluding steroid dienone is 2. The molecule has 11 heavy (non-hydrogen) atoms. The molecule has 0 heterocycles. The first-order chi connectivity index (χ1) is 5.24. The van der Waals surface area contributed by atoms with Crippen LogP contribution in [0.15, 0.2) is 25.3 Å². The Labute approximate surface area is 69.4 Å². The van der Waals surface area contributed by atoms with Crippen molar-refractivity contribution >= 4 is 0 Å². The zero-order valence-corrected chi connectivity index (χ0v) is 7.29. The van der Waals surface area contributed by atoms with Gasteiger partial charge in [0, 0.05) is 6.61 Å². The van der Waals surface area contributed by atoms with Gasteiger partial charge >= 0.3 is 0 Å². The number of aliphatic hydroxyl groups excluding tert-OH is 1. The van der Waals surface area contributed by atoms with E-state index in [0.29, 0.717) is 11.8 Å². The van der Waals surface area contributed by atoms with Crippen LogP contribution in [-0.4, -0.2) is 11.7 Å². The van der Waals surface area contributed by atoms with Gasteiger partial charge in [0.1, 0.15) is 0 Å². The molecule has 1 N–H and O–H groups in total. The second-order valence-corrected chi connectivity index (χ2v) is 2.96. The number of rotatable bonds is 6. The quantitative estimate of drug-likeness (QED) is 0.582. The topological polar surface area (TPSA) is 20.2 Å². The highest BCUT2D eigenvalue weighted by Gasteiger charge is 2.06. The molecule has 0 rings (SSSR count). The van der Waals surface area contributed by atoms with Crippen LogP contribution in [0.1, 0.15) is 19.8 Å². The number of hydrogen-bond donors (Lipinski definition) is 1. The van der Waals surface area contributed by atoms with Crippen molar-refractivity contribution < 1.29 is 5.11 Å². The van der Waals surface area contributed by atoms with Gasteiger partial charge in [0.05, 0.1) is 0 Å². The van der Waals surface area contributed by atoms with E-state index in [1.54, 1.807) is 0 Å². The second kappa shape index (κ2) is 6.17. The van der Waals surface area contributed by atoms with Crippen LogP contribution in [0.4, 0.5) is 0 Å². The zero-order chi connectivity index (χ0) is 8.69. The highest BCUT2D eigenvalue weighted by atomic mass is 16.3. The average Bonchev–Trinajstić information content (AvgIpc) is 2.03. The summed E-state index contributed by atoms with van der Waals surface area (Å²) in [6.45, 7) is 9.81. The molecular weight excluding hydrogens is 136 g/mol. The lowest BCUT2D eigenvalue weighted by molar-refractivity contribution is 0.262. The van der Waals surface area contributed by atoms with Gasteiger partial charge in [0.25, 0.3) is 0 Å². The van der Waals surface area contributed by atoms with Crippen molar-refractivity contribution in [3.63, 3.8) is 0 Å². The van der Waals surface area contributed by atoms with Gasteiger partial charge in [-0.05, 0) is 24.7 Å². The largest absolute Gasteiger partial charge is 0.396 e. The molecule has 1 heteroatoms. The summed E-state index contributed by atoms with van der Waals surface area (Å²) in [6.07, 6.45) is 5.72. The van der Waals surface area contributed by atoms with Gasteiger partial charge in [-0.1, -0.05) is 19.1 Å². The minimum Gasteiger partial charge on any atom is -0.396 e. The molecule has 0 aromatic heterocycles. The van der Waals surface area contributed by atoms with Crippen molar-refractivity contribution in [3.8, 4) is 0 Å². The van der Waals surface area contributed by atoms with Gasteiger partial charge in [0.2, 0.25) is 0 Å². The fraction of sp³-hybridized carbons (Fsp3) is 0.600. The lowest BCUT2D eigenvalue weighted by Crippen LogP contribution is -2.03. The first-order valence-corrected chi connectivity index (χ1v) is 4.10. The zero-order valence-electron chi connectivity index (χ0n) is 7.29. The molecule has 0 bridgehead atoms. The summed E-state index contributed by atoms with van der Waals surface area (Å²) < 4.78 is 0. The molecule has 0 spiro atoms. The predicted molar refractivity (Wildman–Crippen MR) is 49.4 cm³/mol. The lowest BCUT2D eigenvalue weighted by Gasteiger charge is -2.13. The van der Waals surface area contributed by atoms with Crippen molar-refractivity contribution in [2.75, 3.05) is 6.61 Å². The third kappa shape index (κ3) is 4.79. The molecule has 0 radical (unpaired) electrons. The molecule has 0 aliphatic carbocycles. The van der Waals surface area contributed by atoms with E-state index in [9.17, 15) is 0 Å². The van der Waals surface area contributed by atoms with Crippen LogP contribution < -0.4 is 0 Å². The van der Waals surface area contributed by atoms with Gasteiger partial charge in [-0.25, -0.2) is 0 Å². The Morgan fingerprint density at radius 3 is 2.36 bits per heavy atom. The van der Waals surface area contributed by atoms with E-state index in [1.807, 2.05) is 12.2 Å². The van der Waals surface area contributed by atoms with E-state index in [2.05, 4.69) is 20.1 Å². The number of aliphatic hydroxyl groups is 1. The average molecular weight is 154 g/mol. The van der Waals surface area contributed by atoms with E-state index in [0.717, 1.165) is 12.8 Å². The van der Waals surface area contributed by atoms with Crippen LogP contribution in [0.3, 0.4) is 0 Å². The highest BCUT2D eigenvalue weighted by Crippen LogP contribution is 2.16. The Bertz CT molecular complexity index is 118. The summed E-state index contributed by atoms with van der Waals surface area (Å²) in [7, 11) is 0. The van der Waals surface area contributed by atoms with E-state index in [1.165, 1.54) is 0 Å². The van der Waals surface area contributed by atoms with E-state index < -0.39 is 0 Å². The Morgan fingerprint density at radius 1 is 1.36 bits per heavy atom. The molecule has 0 aliphatic rings. The summed E-state index contributed by atoms with van der Waals surface area (Å²) in [5, 5.41) is 8.68. The standard InChI is InChI=1S/C10H18O/c1-4-9(3)8-10(5-2)6-7-11/h4-5,9-11H,1-2,6-8H2,3H3. The van der Waals surface area contributed by atoms with Crippen LogP contribution in [0.25, 0.3) is 0 Å². The fourth-order valence-corrected chi connectivity index (χ4v) is 1.07. The maximum Gasteiger partial charge on any atom is 0.0436 e. The first kappa shape index (κ1) is 10.4. The molecule has 0 saturated heterocycles. The van der Waals surface area contributed by atoms with Crippen molar-refractivity contribution in [2.45, 2.75) is 19.8 Å². The molecule has 0 amide bonds. The molecule has 2 unspecified atom stereocenters. The SMILES string of the molecule is C=CC(C)CC(C=C)CCO. The van der Waals surface area contributed by atoms with Gasteiger partial charge in [-0.15, -0.1) is 13.2 Å². The molecule has 0 aliphatic heterocycles. The third-order valence-corrected chi connectivity index (χ3v) is 1.91. The smallest absolute Gasteiger partial charge is 0.0436 e. The summed E-state index contributed by atoms with van der Waals surface area (Å²) in [5.41, 5.74) is 0. The Morgan fingerprint density at radius 2 is 2.00 bits per heavy atom. The molecule has 0 aromatic carbocycles. The van der Waals surface area contributed by atoms with Crippen LogP contribution in [0.5, 0.6) is 0 Å². The molecular formula is C10H18O. The maximum absolute atomic E-state index is 8.68. The van der Waals surface area contributed by atoms with Crippen LogP contribution in [0.2, 0.25) is 0 Å². The predicted octanol–water partition coefficient (Wildman–Crippen LogP) is 2.38. The minimum atomic E-state index is 0.251. The Hall–Kier alpha value is -0.560. The first-order valence-electron chi connectivity index (χ1n) is 4.10. The van der Waals surface area contributed by atoms with Crippen LogP contribution in [0, 0.1) is 11.8 Å². The van der Waals surface area contributed by atoms with Gasteiger partial charge in [-0.3, -0.25) is 0 Å². The highest BCUT2D eigenvalue weighted by molar-refractivity contribution is 4.85. The van der Waals surface area contributed by atoms with Gasteiger partial charge in [-0.2, -0.15) is 0 Å². The fourth-order valence-electron chi connectivity index (χ4n) is 1.07. The minimum absolute atomic E-state index is 0.251. The molecule has 1 nitrogen and oxygen atoms in total. The van der Waals surface area contributed by atoms with Gasteiger partial charge in [0.15, 0.2) is 0 Å². The summed E-state index contributed by atoms with van der Waals surface area (Å²) in [6, 6.07) is 0. The van der Waals surface area contributed by atoms with Crippen molar-refractivity contribution in [2.24, 2.45) is 11.8 Å². The van der Waals surface area contributed by atoms with Crippen LogP contribution >= 0.6 is 0 Å². The molecule has 64 valence electrons. The normalized spacial score (nSPS) is 15.5. The van der Waals surface area contributed by atoms with Crippen molar-refractivity contribution in [1.29, 1.82) is 0 Å². The molecule has 0 aromatic rings. The lowest BCUT2D eigenvalue weighted by atomic mass is 9.94. The Balaban J connectivity index is 3.66. The van der Waals surface area contributed by atoms with Crippen molar-refractivity contribution in [3.05, 3.63) is 25.3 Å². The maximum atomic E-state index is 8.68. The summed E-state index contributed by atoms with van der Waals surface area (Å²) >= 11 is 0. The van der Waals surface area contributed by atoms with Crippen molar-refractivity contribution in [1.82, 2.24) is 0 Å². The second-order valence-electron chi connectivity index (χ2n) is 2.96. The molecule has 0 saturated carbocycles. The Kier molecular flexibility index (Phi) is 5.86. The van der Waals surface area contributed by atoms with Crippen LogP contribution in [-0.2, 0) is 0 Å².